The van der Waals surface area contributed by atoms with E-state index in [1.54, 1.807) is 0 Å². The van der Waals surface area contributed by atoms with E-state index in [1.807, 2.05) is 27.7 Å². The molecule has 0 amide bonds. The third kappa shape index (κ3) is 19.5. The third-order valence-electron chi connectivity index (χ3n) is 8.30. The number of hydrogen-bond donors (Lipinski definition) is 2. The van der Waals surface area contributed by atoms with E-state index < -0.39 is 72.7 Å². The van der Waals surface area contributed by atoms with Crippen LogP contribution in [0.3, 0.4) is 0 Å². The second kappa shape index (κ2) is 26.4. The fraction of sp³-hybridized carbons (Fsp3) is 0.833. The number of aliphatic hydroxyl groups is 2. The molecule has 1 rings (SSSR count). The Hall–Kier alpha value is -3.34. The zero-order valence-corrected chi connectivity index (χ0v) is 31.7. The van der Waals surface area contributed by atoms with E-state index in [4.69, 9.17) is 28.4 Å². The van der Waals surface area contributed by atoms with E-state index in [1.165, 1.54) is 0 Å². The van der Waals surface area contributed by atoms with E-state index >= 15 is 0 Å². The van der Waals surface area contributed by atoms with Crippen LogP contribution >= 0.6 is 0 Å². The number of nitrogens with zero attached hydrogens (tertiary/aromatic N) is 2. The first-order chi connectivity index (χ1) is 24.8. The van der Waals surface area contributed by atoms with Gasteiger partial charge in [-0.3, -0.25) is 29.0 Å². The Bertz CT molecular complexity index is 1010. The molecule has 0 aromatic heterocycles. The second-order valence-corrected chi connectivity index (χ2v) is 13.0. The maximum atomic E-state index is 12.6. The molecule has 1 heterocycles. The van der Waals surface area contributed by atoms with Crippen LogP contribution in [-0.2, 0) is 57.2 Å². The Balaban J connectivity index is 2.52. The van der Waals surface area contributed by atoms with Gasteiger partial charge < -0.3 is 38.6 Å². The van der Waals surface area contributed by atoms with E-state index in [-0.39, 0.29) is 39.6 Å². The fourth-order valence-electron chi connectivity index (χ4n) is 4.93. The van der Waals surface area contributed by atoms with Crippen molar-refractivity contribution in [2.24, 2.45) is 0 Å². The average molecular weight is 747 g/mol. The molecule has 0 saturated carbocycles. The predicted octanol–water partition coefficient (Wildman–Crippen LogP) is 2.09. The van der Waals surface area contributed by atoms with Crippen molar-refractivity contribution in [3.63, 3.8) is 0 Å². The van der Waals surface area contributed by atoms with Crippen LogP contribution in [0, 0.1) is 0 Å². The van der Waals surface area contributed by atoms with E-state index in [0.717, 1.165) is 25.7 Å². The van der Waals surface area contributed by atoms with Crippen LogP contribution in [-0.4, -0.2) is 146 Å². The number of ether oxygens (including phenoxy) is 6. The molecule has 16 nitrogen and oxygen atoms in total. The minimum Gasteiger partial charge on any atom is -0.466 e. The van der Waals surface area contributed by atoms with Gasteiger partial charge in [-0.05, 0) is 25.7 Å². The Kier molecular flexibility index (Phi) is 23.7. The van der Waals surface area contributed by atoms with Crippen LogP contribution in [0.15, 0.2) is 0 Å². The van der Waals surface area contributed by atoms with Crippen molar-refractivity contribution in [3.05, 3.63) is 0 Å². The van der Waals surface area contributed by atoms with Gasteiger partial charge in [-0.1, -0.05) is 53.4 Å². The molecule has 0 bridgehead atoms. The first-order valence-corrected chi connectivity index (χ1v) is 18.7. The minimum absolute atomic E-state index is 0.00566. The lowest BCUT2D eigenvalue weighted by Crippen LogP contribution is -2.48. The fourth-order valence-corrected chi connectivity index (χ4v) is 4.93. The van der Waals surface area contributed by atoms with Crippen LogP contribution in [0.25, 0.3) is 0 Å². The lowest BCUT2D eigenvalue weighted by molar-refractivity contribution is -0.178. The summed E-state index contributed by atoms with van der Waals surface area (Å²) < 4.78 is 31.0. The molecule has 0 spiro atoms. The van der Waals surface area contributed by atoms with Crippen molar-refractivity contribution in [2.75, 3.05) is 78.9 Å². The molecule has 0 aromatic carbocycles. The highest BCUT2D eigenvalue weighted by Crippen LogP contribution is 2.22. The molecule has 2 atom stereocenters. The third-order valence-corrected chi connectivity index (χ3v) is 8.30. The summed E-state index contributed by atoms with van der Waals surface area (Å²) in [7, 11) is 0. The Morgan fingerprint density at radius 2 is 0.692 bits per heavy atom. The van der Waals surface area contributed by atoms with Gasteiger partial charge in [0.05, 0.1) is 52.1 Å². The molecule has 300 valence electrons. The second-order valence-electron chi connectivity index (χ2n) is 13.0. The van der Waals surface area contributed by atoms with Crippen LogP contribution in [0.4, 0.5) is 0 Å². The number of hydrogen-bond acceptors (Lipinski definition) is 16. The molecule has 2 unspecified atom stereocenters. The molecule has 52 heavy (non-hydrogen) atoms. The van der Waals surface area contributed by atoms with Gasteiger partial charge in [-0.15, -0.1) is 0 Å². The summed E-state index contributed by atoms with van der Waals surface area (Å²) in [5.41, 5.74) is -4.81. The monoisotopic (exact) mass is 746 g/mol. The van der Waals surface area contributed by atoms with Gasteiger partial charge in [0.15, 0.2) is 11.2 Å². The predicted molar refractivity (Wildman–Crippen MR) is 187 cm³/mol. The summed E-state index contributed by atoms with van der Waals surface area (Å²) in [6.45, 7) is 11.3. The number of unbranched alkanes of at least 4 members (excludes halogenated alkanes) is 4. The zero-order chi connectivity index (χ0) is 38.8. The van der Waals surface area contributed by atoms with Gasteiger partial charge in [-0.25, -0.2) is 9.59 Å². The van der Waals surface area contributed by atoms with E-state index in [2.05, 4.69) is 9.80 Å². The van der Waals surface area contributed by atoms with Gasteiger partial charge in [0.1, 0.15) is 13.2 Å². The first kappa shape index (κ1) is 46.7. The molecule has 0 radical (unpaired) electrons. The molecule has 1 aliphatic rings. The smallest absolute Gasteiger partial charge is 0.339 e. The summed E-state index contributed by atoms with van der Waals surface area (Å²) in [6.07, 6.45) is 2.48. The molecular formula is C36H62N2O14. The van der Waals surface area contributed by atoms with Gasteiger partial charge in [0.25, 0.3) is 0 Å². The molecule has 0 aliphatic carbocycles. The summed E-state index contributed by atoms with van der Waals surface area (Å²) >= 11 is 0. The van der Waals surface area contributed by atoms with Gasteiger partial charge in [-0.2, -0.15) is 0 Å². The molecule has 1 fully saturated rings. The van der Waals surface area contributed by atoms with E-state index in [0.29, 0.717) is 65.0 Å². The SMILES string of the molecule is CCCCOC(=O)CC(O)(CC(=O)OCCN1CCN(CCOC(=O)CC(O)(CC(=O)OCCCC)C(=O)OCCCC)CC1)C(=O)OCCCC. The summed E-state index contributed by atoms with van der Waals surface area (Å²) in [6, 6.07) is 0. The Labute approximate surface area is 307 Å². The molecule has 0 aromatic rings. The van der Waals surface area contributed by atoms with Crippen molar-refractivity contribution in [1.82, 2.24) is 9.80 Å². The first-order valence-electron chi connectivity index (χ1n) is 18.7. The van der Waals surface area contributed by atoms with Crippen LogP contribution < -0.4 is 0 Å². The lowest BCUT2D eigenvalue weighted by Gasteiger charge is -2.34. The highest BCUT2D eigenvalue weighted by atomic mass is 16.6. The number of rotatable bonds is 28. The Morgan fingerprint density at radius 1 is 0.442 bits per heavy atom. The maximum Gasteiger partial charge on any atom is 0.339 e. The van der Waals surface area contributed by atoms with E-state index in [9.17, 15) is 39.0 Å². The van der Waals surface area contributed by atoms with Crippen LogP contribution in [0.2, 0.25) is 0 Å². The highest BCUT2D eigenvalue weighted by Gasteiger charge is 2.44. The van der Waals surface area contributed by atoms with Crippen molar-refractivity contribution in [1.29, 1.82) is 0 Å². The summed E-state index contributed by atoms with van der Waals surface area (Å²) in [4.78, 5) is 79.2. The average Bonchev–Trinajstić information content (AvgIpc) is 3.09. The van der Waals surface area contributed by atoms with Crippen LogP contribution in [0.5, 0.6) is 0 Å². The largest absolute Gasteiger partial charge is 0.466 e. The molecular weight excluding hydrogens is 684 g/mol. The van der Waals surface area contributed by atoms with Crippen molar-refractivity contribution in [2.45, 2.75) is 116 Å². The van der Waals surface area contributed by atoms with Crippen LogP contribution in [0.1, 0.15) is 105 Å². The number of carbonyl (C=O) groups excluding carboxylic acids is 6. The number of piperazine rings is 1. The van der Waals surface area contributed by atoms with Gasteiger partial charge in [0, 0.05) is 39.3 Å². The summed E-state index contributed by atoms with van der Waals surface area (Å²) in [5.74, 6) is -5.48. The number of esters is 6. The molecule has 2 N–H and O–H groups in total. The molecule has 16 heteroatoms. The highest BCUT2D eigenvalue weighted by molar-refractivity contribution is 5.91. The molecule has 1 saturated heterocycles. The normalized spacial score (nSPS) is 15.8. The topological polar surface area (TPSA) is 205 Å². The van der Waals surface area contributed by atoms with Crippen molar-refractivity contribution in [3.8, 4) is 0 Å². The standard InChI is InChI=1S/C36H62N2O14/c1-5-9-19-47-29(39)25-35(45,33(43)51-21-11-7-3)27-31(41)49-23-17-37-13-15-38(16-14-37)18-24-50-32(42)28-36(46,34(44)52-22-12-8-4)26-30(40)48-20-10-6-2/h45-46H,5-28H2,1-4H3. The quantitative estimate of drug-likeness (QED) is 0.0668. The van der Waals surface area contributed by atoms with Crippen molar-refractivity contribution >= 4 is 35.8 Å². The summed E-state index contributed by atoms with van der Waals surface area (Å²) in [5, 5.41) is 21.9. The molecule has 1 aliphatic heterocycles. The van der Waals surface area contributed by atoms with Gasteiger partial charge in [0.2, 0.25) is 0 Å². The zero-order valence-electron chi connectivity index (χ0n) is 31.7. The van der Waals surface area contributed by atoms with Gasteiger partial charge >= 0.3 is 35.8 Å². The Morgan fingerprint density at radius 3 is 0.962 bits per heavy atom. The number of carbonyl (C=O) groups is 6. The lowest BCUT2D eigenvalue weighted by atomic mass is 9.95. The maximum absolute atomic E-state index is 12.6. The minimum atomic E-state index is -2.40. The van der Waals surface area contributed by atoms with Crippen molar-refractivity contribution < 1.29 is 67.4 Å².